The number of aliphatic hydroxyl groups is 2. The van der Waals surface area contributed by atoms with E-state index in [-0.39, 0.29) is 18.1 Å². The first kappa shape index (κ1) is 19.5. The fraction of sp³-hybridized carbons (Fsp3) is 0.333. The van der Waals surface area contributed by atoms with Crippen molar-refractivity contribution in [2.75, 3.05) is 11.9 Å². The third-order valence-corrected chi connectivity index (χ3v) is 6.84. The number of fused-ring (bicyclic) bond motifs is 2. The quantitative estimate of drug-likeness (QED) is 0.581. The van der Waals surface area contributed by atoms with Crippen molar-refractivity contribution in [1.29, 1.82) is 0 Å². The van der Waals surface area contributed by atoms with Crippen LogP contribution in [-0.2, 0) is 12.0 Å². The van der Waals surface area contributed by atoms with Gasteiger partial charge in [-0.3, -0.25) is 4.98 Å². The maximum Gasteiger partial charge on any atom is 0.131 e. The smallest absolute Gasteiger partial charge is 0.131 e. The Morgan fingerprint density at radius 1 is 1.23 bits per heavy atom. The molecule has 154 valence electrons. The maximum absolute atomic E-state index is 10.2. The van der Waals surface area contributed by atoms with Gasteiger partial charge in [-0.15, -0.1) is 0 Å². The van der Waals surface area contributed by atoms with E-state index < -0.39 is 0 Å². The zero-order valence-corrected chi connectivity index (χ0v) is 17.6. The van der Waals surface area contributed by atoms with Crippen molar-refractivity contribution < 1.29 is 10.2 Å². The van der Waals surface area contributed by atoms with Crippen molar-refractivity contribution in [2.45, 2.75) is 44.3 Å². The molecule has 3 N–H and O–H groups in total. The molecule has 0 amide bonds. The minimum atomic E-state index is -0.288. The summed E-state index contributed by atoms with van der Waals surface area (Å²) in [5, 5.41) is 24.0. The van der Waals surface area contributed by atoms with Crippen LogP contribution in [-0.4, -0.2) is 32.8 Å². The molecule has 3 aromatic rings. The number of nitrogens with one attached hydrogen (secondary N) is 1. The molecule has 1 spiro atoms. The number of aryl methyl sites for hydroxylation is 1. The van der Waals surface area contributed by atoms with Crippen LogP contribution in [0.5, 0.6) is 0 Å². The predicted molar refractivity (Wildman–Crippen MR) is 119 cm³/mol. The Labute approximate surface area is 180 Å². The van der Waals surface area contributed by atoms with Gasteiger partial charge >= 0.3 is 0 Å². The molecule has 2 atom stereocenters. The Kier molecular flexibility index (Phi) is 4.77. The van der Waals surface area contributed by atoms with Crippen molar-refractivity contribution >= 4 is 17.4 Å². The van der Waals surface area contributed by atoms with Gasteiger partial charge in [0.1, 0.15) is 5.82 Å². The normalized spacial score (nSPS) is 22.3. The number of nitrogens with zero attached hydrogens (tertiary/aromatic N) is 2. The first-order valence-corrected chi connectivity index (χ1v) is 10.7. The number of aliphatic hydroxyl groups excluding tert-OH is 2. The Hall–Kier alpha value is -2.47. The number of anilines is 1. The summed E-state index contributed by atoms with van der Waals surface area (Å²) >= 11 is 7.00. The van der Waals surface area contributed by atoms with Crippen LogP contribution < -0.4 is 5.32 Å². The summed E-state index contributed by atoms with van der Waals surface area (Å²) in [6.45, 7) is 2.74. The van der Waals surface area contributed by atoms with Crippen molar-refractivity contribution in [3.05, 3.63) is 64.4 Å². The molecule has 2 unspecified atom stereocenters. The predicted octanol–water partition coefficient (Wildman–Crippen LogP) is 4.47. The molecule has 0 saturated heterocycles. The monoisotopic (exact) mass is 421 g/mol. The van der Waals surface area contributed by atoms with Crippen molar-refractivity contribution in [3.8, 4) is 22.4 Å². The van der Waals surface area contributed by atoms with Crippen LogP contribution in [0.15, 0.2) is 42.7 Å². The van der Waals surface area contributed by atoms with Gasteiger partial charge in [0, 0.05) is 46.6 Å². The standard InChI is InChI=1S/C24H24ClN3O2/c1-14-7-16(9-17(8-14)22-15(12-29)3-2-6-26-22)19-11-27-23-20(21(19)25)24(13-28-23)5-4-18(30)10-24/h2-3,6-9,11,18,29-30H,4-5,10,12-13H2,1H3,(H,27,28). The van der Waals surface area contributed by atoms with E-state index in [2.05, 4.69) is 33.5 Å². The molecule has 1 fully saturated rings. The Morgan fingerprint density at radius 2 is 2.07 bits per heavy atom. The van der Waals surface area contributed by atoms with Crippen LogP contribution in [0.3, 0.4) is 0 Å². The molecule has 30 heavy (non-hydrogen) atoms. The van der Waals surface area contributed by atoms with E-state index in [4.69, 9.17) is 11.6 Å². The highest BCUT2D eigenvalue weighted by molar-refractivity contribution is 6.34. The molecule has 5 nitrogen and oxygen atoms in total. The SMILES string of the molecule is Cc1cc(-c2cnc3c(c2Cl)C2(CCC(O)C2)CN3)cc(-c2ncccc2CO)c1. The molecule has 1 aromatic carbocycles. The molecular formula is C24H24ClN3O2. The molecule has 1 saturated carbocycles. The lowest BCUT2D eigenvalue weighted by molar-refractivity contribution is 0.175. The van der Waals surface area contributed by atoms with Gasteiger partial charge in [-0.1, -0.05) is 23.7 Å². The number of hydrogen-bond donors (Lipinski definition) is 3. The number of pyridine rings is 2. The van der Waals surface area contributed by atoms with Crippen LogP contribution in [0.25, 0.3) is 22.4 Å². The third-order valence-electron chi connectivity index (χ3n) is 6.45. The van der Waals surface area contributed by atoms with Crippen LogP contribution in [0, 0.1) is 6.92 Å². The summed E-state index contributed by atoms with van der Waals surface area (Å²) in [7, 11) is 0. The minimum Gasteiger partial charge on any atom is -0.393 e. The van der Waals surface area contributed by atoms with Gasteiger partial charge in [0.15, 0.2) is 0 Å². The van der Waals surface area contributed by atoms with Gasteiger partial charge < -0.3 is 15.5 Å². The van der Waals surface area contributed by atoms with Crippen LogP contribution in [0.1, 0.15) is 36.0 Å². The average molecular weight is 422 g/mol. The lowest BCUT2D eigenvalue weighted by atomic mass is 9.80. The summed E-state index contributed by atoms with van der Waals surface area (Å²) in [6.07, 6.45) is 5.68. The van der Waals surface area contributed by atoms with E-state index >= 15 is 0 Å². The van der Waals surface area contributed by atoms with Crippen LogP contribution in [0.2, 0.25) is 5.02 Å². The van der Waals surface area contributed by atoms with Crippen molar-refractivity contribution in [1.82, 2.24) is 9.97 Å². The molecule has 1 aliphatic carbocycles. The summed E-state index contributed by atoms with van der Waals surface area (Å²) in [6, 6.07) is 9.93. The molecular weight excluding hydrogens is 398 g/mol. The second-order valence-electron chi connectivity index (χ2n) is 8.50. The zero-order chi connectivity index (χ0) is 20.9. The largest absolute Gasteiger partial charge is 0.393 e. The van der Waals surface area contributed by atoms with Gasteiger partial charge in [0.2, 0.25) is 0 Å². The molecule has 3 heterocycles. The minimum absolute atomic E-state index is 0.0654. The Bertz CT molecular complexity index is 1130. The lowest BCUT2D eigenvalue weighted by Gasteiger charge is -2.24. The van der Waals surface area contributed by atoms with E-state index in [1.807, 2.05) is 25.3 Å². The first-order valence-electron chi connectivity index (χ1n) is 10.3. The van der Waals surface area contributed by atoms with Crippen LogP contribution >= 0.6 is 11.6 Å². The second-order valence-corrected chi connectivity index (χ2v) is 8.87. The molecule has 0 bridgehead atoms. The summed E-state index contributed by atoms with van der Waals surface area (Å²) < 4.78 is 0. The van der Waals surface area contributed by atoms with E-state index in [0.717, 1.165) is 64.3 Å². The second kappa shape index (κ2) is 7.34. The lowest BCUT2D eigenvalue weighted by Crippen LogP contribution is -2.26. The summed E-state index contributed by atoms with van der Waals surface area (Å²) in [5.74, 6) is 0.831. The molecule has 6 heteroatoms. The van der Waals surface area contributed by atoms with E-state index in [0.29, 0.717) is 11.4 Å². The number of aromatic nitrogens is 2. The number of halogens is 1. The first-order chi connectivity index (χ1) is 14.5. The highest BCUT2D eigenvalue weighted by Crippen LogP contribution is 2.52. The zero-order valence-electron chi connectivity index (χ0n) is 16.8. The molecule has 2 aromatic heterocycles. The fourth-order valence-electron chi connectivity index (χ4n) is 5.04. The number of rotatable bonds is 3. The van der Waals surface area contributed by atoms with E-state index in [1.165, 1.54) is 0 Å². The maximum atomic E-state index is 10.2. The molecule has 0 radical (unpaired) electrons. The van der Waals surface area contributed by atoms with Gasteiger partial charge in [0.05, 0.1) is 23.4 Å². The summed E-state index contributed by atoms with van der Waals surface area (Å²) in [5.41, 5.74) is 6.32. The van der Waals surface area contributed by atoms with Gasteiger partial charge in [-0.05, 0) is 55.5 Å². The average Bonchev–Trinajstić information content (AvgIpc) is 3.31. The van der Waals surface area contributed by atoms with Crippen molar-refractivity contribution in [2.24, 2.45) is 0 Å². The molecule has 2 aliphatic rings. The highest BCUT2D eigenvalue weighted by Gasteiger charge is 2.47. The Morgan fingerprint density at radius 3 is 2.83 bits per heavy atom. The van der Waals surface area contributed by atoms with E-state index in [1.54, 1.807) is 6.20 Å². The van der Waals surface area contributed by atoms with Gasteiger partial charge in [-0.2, -0.15) is 0 Å². The molecule has 1 aliphatic heterocycles. The summed E-state index contributed by atoms with van der Waals surface area (Å²) in [4.78, 5) is 9.17. The highest BCUT2D eigenvalue weighted by atomic mass is 35.5. The van der Waals surface area contributed by atoms with E-state index in [9.17, 15) is 10.2 Å². The van der Waals surface area contributed by atoms with Crippen LogP contribution in [0.4, 0.5) is 5.82 Å². The van der Waals surface area contributed by atoms with Gasteiger partial charge in [-0.25, -0.2) is 4.98 Å². The van der Waals surface area contributed by atoms with Crippen molar-refractivity contribution in [3.63, 3.8) is 0 Å². The molecule has 5 rings (SSSR count). The topological polar surface area (TPSA) is 78.3 Å². The third kappa shape index (κ3) is 3.09. The number of benzene rings is 1. The number of hydrogen-bond acceptors (Lipinski definition) is 5. The Balaban J connectivity index is 1.64. The fourth-order valence-corrected chi connectivity index (χ4v) is 5.48. The van der Waals surface area contributed by atoms with Gasteiger partial charge in [0.25, 0.3) is 0 Å².